The summed E-state index contributed by atoms with van der Waals surface area (Å²) in [6, 6.07) is 0. The van der Waals surface area contributed by atoms with Crippen molar-refractivity contribution in [3.63, 3.8) is 0 Å². The quantitative estimate of drug-likeness (QED) is 0.0200. The molecule has 342 valence electrons. The number of carbonyl (C=O) groups is 3. The number of ether oxygens (including phenoxy) is 3. The van der Waals surface area contributed by atoms with Gasteiger partial charge in [-0.1, -0.05) is 211 Å². The molecule has 0 aliphatic carbocycles. The molecule has 0 N–H and O–H groups in total. The molecule has 0 aromatic heterocycles. The van der Waals surface area contributed by atoms with E-state index in [2.05, 4.69) is 69.4 Å². The van der Waals surface area contributed by atoms with E-state index in [0.717, 1.165) is 83.5 Å². The molecular weight excluding hydrogens is 733 g/mol. The highest BCUT2D eigenvalue weighted by molar-refractivity contribution is 5.71. The zero-order valence-electron chi connectivity index (χ0n) is 39.0. The van der Waals surface area contributed by atoms with Crippen molar-refractivity contribution in [1.29, 1.82) is 0 Å². The van der Waals surface area contributed by atoms with Gasteiger partial charge in [-0.25, -0.2) is 0 Å². The van der Waals surface area contributed by atoms with Gasteiger partial charge < -0.3 is 14.2 Å². The fourth-order valence-electron chi connectivity index (χ4n) is 7.06. The maximum atomic E-state index is 12.8. The Labute approximate surface area is 365 Å². The van der Waals surface area contributed by atoms with E-state index in [1.807, 2.05) is 0 Å². The molecule has 0 aromatic rings. The van der Waals surface area contributed by atoms with Gasteiger partial charge in [0.25, 0.3) is 0 Å². The number of carbonyl (C=O) groups excluding carboxylic acids is 3. The molecule has 0 radical (unpaired) electrons. The molecule has 0 aliphatic rings. The molecule has 1 unspecified atom stereocenters. The summed E-state index contributed by atoms with van der Waals surface area (Å²) in [5.74, 6) is -0.931. The molecule has 0 aromatic carbocycles. The first-order valence-electron chi connectivity index (χ1n) is 25.2. The van der Waals surface area contributed by atoms with E-state index in [1.54, 1.807) is 0 Å². The first kappa shape index (κ1) is 56.4. The van der Waals surface area contributed by atoms with E-state index in [4.69, 9.17) is 14.2 Å². The lowest BCUT2D eigenvalue weighted by atomic mass is 10.0. The van der Waals surface area contributed by atoms with Crippen molar-refractivity contribution < 1.29 is 28.6 Å². The summed E-state index contributed by atoms with van der Waals surface area (Å²) < 4.78 is 16.7. The number of hydrogen-bond acceptors (Lipinski definition) is 6. The first-order valence-corrected chi connectivity index (χ1v) is 25.2. The summed E-state index contributed by atoms with van der Waals surface area (Å²) in [7, 11) is 0. The van der Waals surface area contributed by atoms with E-state index in [-0.39, 0.29) is 31.1 Å². The average Bonchev–Trinajstić information content (AvgIpc) is 3.23. The van der Waals surface area contributed by atoms with Gasteiger partial charge in [-0.15, -0.1) is 0 Å². The fraction of sp³-hybridized carbons (Fsp3) is 0.792. The van der Waals surface area contributed by atoms with Crippen LogP contribution < -0.4 is 0 Å². The summed E-state index contributed by atoms with van der Waals surface area (Å²) in [5, 5.41) is 0. The fourth-order valence-corrected chi connectivity index (χ4v) is 7.06. The normalized spacial score (nSPS) is 12.4. The smallest absolute Gasteiger partial charge is 0.306 e. The van der Waals surface area contributed by atoms with E-state index in [1.165, 1.54) is 128 Å². The molecule has 0 amide bonds. The summed E-state index contributed by atoms with van der Waals surface area (Å²) in [4.78, 5) is 37.8. The van der Waals surface area contributed by atoms with Gasteiger partial charge in [0.05, 0.1) is 0 Å². The van der Waals surface area contributed by atoms with Crippen molar-refractivity contribution in [2.24, 2.45) is 0 Å². The third-order valence-corrected chi connectivity index (χ3v) is 10.8. The minimum absolute atomic E-state index is 0.0861. The van der Waals surface area contributed by atoms with Gasteiger partial charge in [-0.05, 0) is 70.6 Å². The number of allylic oxidation sites excluding steroid dienone is 8. The lowest BCUT2D eigenvalue weighted by Crippen LogP contribution is -2.30. The Hall–Kier alpha value is -2.63. The van der Waals surface area contributed by atoms with Crippen molar-refractivity contribution in [2.45, 2.75) is 258 Å². The van der Waals surface area contributed by atoms with Gasteiger partial charge in [0.15, 0.2) is 6.10 Å². The van der Waals surface area contributed by atoms with Crippen molar-refractivity contribution in [2.75, 3.05) is 13.2 Å². The predicted octanol–water partition coefficient (Wildman–Crippen LogP) is 16.3. The van der Waals surface area contributed by atoms with Crippen LogP contribution in [0.15, 0.2) is 48.6 Å². The van der Waals surface area contributed by atoms with Gasteiger partial charge in [0.2, 0.25) is 0 Å². The summed E-state index contributed by atoms with van der Waals surface area (Å²) in [5.41, 5.74) is 0. The monoisotopic (exact) mass is 827 g/mol. The van der Waals surface area contributed by atoms with Crippen molar-refractivity contribution >= 4 is 17.9 Å². The Morgan fingerprint density at radius 3 is 1.19 bits per heavy atom. The zero-order valence-corrected chi connectivity index (χ0v) is 39.0. The van der Waals surface area contributed by atoms with Crippen LogP contribution in [0.25, 0.3) is 0 Å². The van der Waals surface area contributed by atoms with E-state index in [0.29, 0.717) is 19.3 Å². The molecule has 6 nitrogen and oxygen atoms in total. The third kappa shape index (κ3) is 46.3. The molecule has 0 saturated heterocycles. The minimum Gasteiger partial charge on any atom is -0.462 e. The molecule has 59 heavy (non-hydrogen) atoms. The molecule has 0 aliphatic heterocycles. The Kier molecular flexibility index (Phi) is 45.9. The highest BCUT2D eigenvalue weighted by Crippen LogP contribution is 2.15. The lowest BCUT2D eigenvalue weighted by Gasteiger charge is -2.18. The predicted molar refractivity (Wildman–Crippen MR) is 252 cm³/mol. The van der Waals surface area contributed by atoms with Crippen LogP contribution in [0.1, 0.15) is 252 Å². The second-order valence-electron chi connectivity index (χ2n) is 16.7. The van der Waals surface area contributed by atoms with E-state index >= 15 is 0 Å². The van der Waals surface area contributed by atoms with Gasteiger partial charge in [-0.2, -0.15) is 0 Å². The van der Waals surface area contributed by atoms with Gasteiger partial charge >= 0.3 is 17.9 Å². The Balaban J connectivity index is 4.33. The first-order chi connectivity index (χ1) is 29.0. The molecule has 0 rings (SSSR count). The lowest BCUT2D eigenvalue weighted by molar-refractivity contribution is -0.167. The second-order valence-corrected chi connectivity index (χ2v) is 16.7. The van der Waals surface area contributed by atoms with Crippen LogP contribution in [-0.2, 0) is 28.6 Å². The zero-order chi connectivity index (χ0) is 43.0. The molecule has 0 fully saturated rings. The number of esters is 3. The second kappa shape index (κ2) is 48.0. The number of hydrogen-bond donors (Lipinski definition) is 0. The van der Waals surface area contributed by atoms with Gasteiger partial charge in [0.1, 0.15) is 13.2 Å². The van der Waals surface area contributed by atoms with Gasteiger partial charge in [-0.3, -0.25) is 14.4 Å². The standard InChI is InChI=1S/C53H94O6/c1-4-7-10-13-16-19-21-23-25-26-28-29-31-34-37-40-43-46-52(55)58-49-50(48-57-51(54)45-42-39-36-33-18-15-12-9-6-3)59-53(56)47-44-41-38-35-32-30-27-24-22-20-17-14-11-8-5-2/h9,12,17-18,20,22,24,33,50H,4-8,10-11,13-16,19,21,23,25-32,34-49H2,1-3H3/b12-9-,20-17-,24-22-,33-18-. The summed E-state index contributed by atoms with van der Waals surface area (Å²) >= 11 is 0. The van der Waals surface area contributed by atoms with Crippen molar-refractivity contribution in [1.82, 2.24) is 0 Å². The van der Waals surface area contributed by atoms with Crippen LogP contribution in [0.4, 0.5) is 0 Å². The maximum Gasteiger partial charge on any atom is 0.306 e. The molecule has 0 bridgehead atoms. The van der Waals surface area contributed by atoms with E-state index < -0.39 is 6.10 Å². The number of rotatable bonds is 45. The SMILES string of the molecule is CC/C=C\C/C=C\CCCCC(=O)OCC(COC(=O)CCCCCCCCCCCCCCCCCCC)OC(=O)CCCCCCCC/C=C\C=C/CCCCC. The highest BCUT2D eigenvalue weighted by Gasteiger charge is 2.19. The van der Waals surface area contributed by atoms with Crippen LogP contribution >= 0.6 is 0 Å². The Morgan fingerprint density at radius 1 is 0.373 bits per heavy atom. The molecule has 6 heteroatoms. The number of unbranched alkanes of at least 4 members (excludes halogenated alkanes) is 27. The van der Waals surface area contributed by atoms with Crippen LogP contribution in [0.2, 0.25) is 0 Å². The maximum absolute atomic E-state index is 12.8. The third-order valence-electron chi connectivity index (χ3n) is 10.8. The molecule has 1 atom stereocenters. The molecular formula is C53H94O6. The van der Waals surface area contributed by atoms with Crippen molar-refractivity contribution in [3.8, 4) is 0 Å². The van der Waals surface area contributed by atoms with Crippen LogP contribution in [-0.4, -0.2) is 37.2 Å². The summed E-state index contributed by atoms with van der Waals surface area (Å²) in [6.45, 7) is 6.46. The summed E-state index contributed by atoms with van der Waals surface area (Å²) in [6.07, 6.45) is 56.8. The Morgan fingerprint density at radius 2 is 0.712 bits per heavy atom. The minimum atomic E-state index is -0.788. The molecule has 0 saturated carbocycles. The Bertz CT molecular complexity index is 1040. The largest absolute Gasteiger partial charge is 0.462 e. The highest BCUT2D eigenvalue weighted by atomic mass is 16.6. The van der Waals surface area contributed by atoms with E-state index in [9.17, 15) is 14.4 Å². The van der Waals surface area contributed by atoms with Crippen LogP contribution in [0.3, 0.4) is 0 Å². The van der Waals surface area contributed by atoms with Gasteiger partial charge in [0, 0.05) is 19.3 Å². The topological polar surface area (TPSA) is 78.9 Å². The van der Waals surface area contributed by atoms with Crippen LogP contribution in [0, 0.1) is 0 Å². The molecule has 0 heterocycles. The van der Waals surface area contributed by atoms with Crippen molar-refractivity contribution in [3.05, 3.63) is 48.6 Å². The molecule has 0 spiro atoms. The average molecular weight is 827 g/mol. The van der Waals surface area contributed by atoms with Crippen LogP contribution in [0.5, 0.6) is 0 Å².